The average Bonchev–Trinajstić information content (AvgIpc) is 3.23. The minimum Gasteiger partial charge on any atom is -0.322 e. The van der Waals surface area contributed by atoms with E-state index in [9.17, 15) is 14.4 Å². The number of hydrogen-bond donors (Lipinski definition) is 3. The summed E-state index contributed by atoms with van der Waals surface area (Å²) in [6, 6.07) is 5.81. The summed E-state index contributed by atoms with van der Waals surface area (Å²) in [6.45, 7) is 2.06. The molecule has 7 heteroatoms. The molecule has 3 fully saturated rings. The van der Waals surface area contributed by atoms with Gasteiger partial charge in [-0.2, -0.15) is 0 Å². The van der Waals surface area contributed by atoms with E-state index in [1.165, 1.54) is 19.3 Å². The number of nitrogens with zero attached hydrogens (tertiary/aromatic N) is 1. The largest absolute Gasteiger partial charge is 0.322 e. The van der Waals surface area contributed by atoms with Crippen molar-refractivity contribution in [2.24, 2.45) is 0 Å². The standard InChI is InChI=1S/C21H26N4O3/c26-17-6-5-16(19(27)24-17)25-12-14-4-1-3-13(18(14)20(25)28)10-22-15-9-21(23-11-15)7-2-8-21/h1,3-4,15-16,22-23H,2,5-12H2,(H,24,26,27). The second-order valence-corrected chi connectivity index (χ2v) is 8.65. The highest BCUT2D eigenvalue weighted by Gasteiger charge is 2.43. The molecule has 5 rings (SSSR count). The van der Waals surface area contributed by atoms with Crippen LogP contribution in [0.2, 0.25) is 0 Å². The van der Waals surface area contributed by atoms with E-state index in [1.54, 1.807) is 4.90 Å². The topological polar surface area (TPSA) is 90.5 Å². The first-order valence-electron chi connectivity index (χ1n) is 10.3. The minimum absolute atomic E-state index is 0.0955. The Morgan fingerprint density at radius 3 is 2.79 bits per heavy atom. The summed E-state index contributed by atoms with van der Waals surface area (Å²) in [7, 11) is 0. The number of amides is 3. The number of carbonyl (C=O) groups is 3. The number of fused-ring (bicyclic) bond motifs is 1. The maximum absolute atomic E-state index is 13.1. The van der Waals surface area contributed by atoms with E-state index < -0.39 is 6.04 Å². The quantitative estimate of drug-likeness (QED) is 0.671. The average molecular weight is 382 g/mol. The summed E-state index contributed by atoms with van der Waals surface area (Å²) in [5.74, 6) is -0.716. The third-order valence-electron chi connectivity index (χ3n) is 6.89. The number of rotatable bonds is 4. The maximum Gasteiger partial charge on any atom is 0.255 e. The summed E-state index contributed by atoms with van der Waals surface area (Å²) >= 11 is 0. The zero-order valence-electron chi connectivity index (χ0n) is 15.9. The molecule has 2 atom stereocenters. The molecular weight excluding hydrogens is 356 g/mol. The molecule has 0 bridgehead atoms. The Labute approximate surface area is 164 Å². The van der Waals surface area contributed by atoms with Gasteiger partial charge in [-0.05, 0) is 43.2 Å². The van der Waals surface area contributed by atoms with Gasteiger partial charge in [-0.3, -0.25) is 19.7 Å². The molecule has 1 saturated carbocycles. The van der Waals surface area contributed by atoms with Gasteiger partial charge < -0.3 is 15.5 Å². The number of imide groups is 1. The molecule has 1 spiro atoms. The van der Waals surface area contributed by atoms with Crippen molar-refractivity contribution in [2.45, 2.75) is 69.2 Å². The van der Waals surface area contributed by atoms with Crippen LogP contribution in [0, 0.1) is 0 Å². The van der Waals surface area contributed by atoms with Gasteiger partial charge in [0.1, 0.15) is 6.04 Å². The summed E-state index contributed by atoms with van der Waals surface area (Å²) in [5, 5.41) is 9.65. The van der Waals surface area contributed by atoms with Gasteiger partial charge in [-0.25, -0.2) is 0 Å². The van der Waals surface area contributed by atoms with Crippen molar-refractivity contribution in [3.8, 4) is 0 Å². The van der Waals surface area contributed by atoms with Crippen LogP contribution >= 0.6 is 0 Å². The Hall–Kier alpha value is -2.25. The van der Waals surface area contributed by atoms with Crippen LogP contribution in [0.1, 0.15) is 60.0 Å². The SMILES string of the molecule is O=C1CCC(N2Cc3cccc(CNC4CNC5(CCC5)C4)c3C2=O)C(=O)N1. The second-order valence-electron chi connectivity index (χ2n) is 8.65. The second kappa shape index (κ2) is 6.67. The van der Waals surface area contributed by atoms with Crippen LogP contribution in [-0.4, -0.2) is 46.8 Å². The highest BCUT2D eigenvalue weighted by atomic mass is 16.2. The van der Waals surface area contributed by atoms with Crippen molar-refractivity contribution in [3.05, 3.63) is 34.9 Å². The summed E-state index contributed by atoms with van der Waals surface area (Å²) in [4.78, 5) is 38.4. The number of piperidine rings is 1. The predicted molar refractivity (Wildman–Crippen MR) is 102 cm³/mol. The van der Waals surface area contributed by atoms with Crippen LogP contribution in [0.15, 0.2) is 18.2 Å². The number of nitrogens with one attached hydrogen (secondary N) is 3. The predicted octanol–water partition coefficient (Wildman–Crippen LogP) is 0.822. The fourth-order valence-electron chi connectivity index (χ4n) is 5.18. The molecule has 7 nitrogen and oxygen atoms in total. The third kappa shape index (κ3) is 2.93. The zero-order chi connectivity index (χ0) is 19.3. The smallest absolute Gasteiger partial charge is 0.255 e. The molecule has 2 saturated heterocycles. The summed E-state index contributed by atoms with van der Waals surface area (Å²) in [6.07, 6.45) is 5.68. The van der Waals surface area contributed by atoms with Crippen molar-refractivity contribution in [1.82, 2.24) is 20.9 Å². The van der Waals surface area contributed by atoms with Gasteiger partial charge in [0.25, 0.3) is 5.91 Å². The fraction of sp³-hybridized carbons (Fsp3) is 0.571. The lowest BCUT2D eigenvalue weighted by Crippen LogP contribution is -2.52. The molecule has 148 valence electrons. The molecule has 1 aromatic rings. The summed E-state index contributed by atoms with van der Waals surface area (Å²) < 4.78 is 0. The molecule has 3 amide bonds. The highest BCUT2D eigenvalue weighted by Crippen LogP contribution is 2.39. The van der Waals surface area contributed by atoms with Gasteiger partial charge in [0.15, 0.2) is 0 Å². The van der Waals surface area contributed by atoms with Gasteiger partial charge in [0.2, 0.25) is 11.8 Å². The molecule has 3 N–H and O–H groups in total. The Kier molecular flexibility index (Phi) is 4.25. The van der Waals surface area contributed by atoms with Crippen molar-refractivity contribution < 1.29 is 14.4 Å². The number of benzene rings is 1. The first-order chi connectivity index (χ1) is 13.5. The molecule has 3 aliphatic heterocycles. The van der Waals surface area contributed by atoms with Gasteiger partial charge in [0, 0.05) is 43.2 Å². The van der Waals surface area contributed by atoms with E-state index in [2.05, 4.69) is 16.0 Å². The van der Waals surface area contributed by atoms with Gasteiger partial charge in [0.05, 0.1) is 0 Å². The summed E-state index contributed by atoms with van der Waals surface area (Å²) in [5.41, 5.74) is 3.04. The molecule has 0 radical (unpaired) electrons. The lowest BCUT2D eigenvalue weighted by atomic mass is 9.75. The van der Waals surface area contributed by atoms with E-state index in [1.807, 2.05) is 18.2 Å². The molecule has 1 aromatic carbocycles. The van der Waals surface area contributed by atoms with Crippen molar-refractivity contribution in [3.63, 3.8) is 0 Å². The minimum atomic E-state index is -0.559. The van der Waals surface area contributed by atoms with E-state index >= 15 is 0 Å². The van der Waals surface area contributed by atoms with Crippen LogP contribution in [0.3, 0.4) is 0 Å². The van der Waals surface area contributed by atoms with E-state index in [4.69, 9.17) is 0 Å². The van der Waals surface area contributed by atoms with E-state index in [-0.39, 0.29) is 24.1 Å². The van der Waals surface area contributed by atoms with Crippen LogP contribution in [-0.2, 0) is 22.7 Å². The van der Waals surface area contributed by atoms with Crippen LogP contribution in [0.25, 0.3) is 0 Å². The van der Waals surface area contributed by atoms with Crippen LogP contribution in [0.4, 0.5) is 0 Å². The lowest BCUT2D eigenvalue weighted by molar-refractivity contribution is -0.136. The molecule has 0 aromatic heterocycles. The van der Waals surface area contributed by atoms with Gasteiger partial charge in [-0.1, -0.05) is 18.2 Å². The Balaban J connectivity index is 1.29. The first-order valence-corrected chi connectivity index (χ1v) is 10.3. The van der Waals surface area contributed by atoms with Crippen molar-refractivity contribution in [2.75, 3.05) is 6.54 Å². The molecule has 2 unspecified atom stereocenters. The van der Waals surface area contributed by atoms with Gasteiger partial charge in [-0.15, -0.1) is 0 Å². The Morgan fingerprint density at radius 1 is 1.21 bits per heavy atom. The van der Waals surface area contributed by atoms with Crippen LogP contribution in [0.5, 0.6) is 0 Å². The molecule has 4 aliphatic rings. The first kappa shape index (κ1) is 17.8. The molecular formula is C21H26N4O3. The highest BCUT2D eigenvalue weighted by molar-refractivity contribution is 6.05. The Bertz CT molecular complexity index is 848. The van der Waals surface area contributed by atoms with Gasteiger partial charge >= 0.3 is 0 Å². The van der Waals surface area contributed by atoms with E-state index in [0.717, 1.165) is 29.7 Å². The normalized spacial score (nSPS) is 28.4. The van der Waals surface area contributed by atoms with Crippen molar-refractivity contribution in [1.29, 1.82) is 0 Å². The molecule has 3 heterocycles. The van der Waals surface area contributed by atoms with Crippen LogP contribution < -0.4 is 16.0 Å². The molecule has 1 aliphatic carbocycles. The number of hydrogen-bond acceptors (Lipinski definition) is 5. The number of carbonyl (C=O) groups excluding carboxylic acids is 3. The fourth-order valence-corrected chi connectivity index (χ4v) is 5.18. The monoisotopic (exact) mass is 382 g/mol. The van der Waals surface area contributed by atoms with Crippen molar-refractivity contribution >= 4 is 17.7 Å². The maximum atomic E-state index is 13.1. The molecule has 28 heavy (non-hydrogen) atoms. The third-order valence-corrected chi connectivity index (χ3v) is 6.89. The zero-order valence-corrected chi connectivity index (χ0v) is 15.9. The lowest BCUT2D eigenvalue weighted by Gasteiger charge is -2.38. The van der Waals surface area contributed by atoms with E-state index in [0.29, 0.717) is 31.1 Å². The Morgan fingerprint density at radius 2 is 2.07 bits per heavy atom.